The molecule has 0 spiro atoms. The second-order valence-corrected chi connectivity index (χ2v) is 7.26. The number of aromatic nitrogens is 4. The summed E-state index contributed by atoms with van der Waals surface area (Å²) in [5, 5.41) is 7.98. The molecule has 0 radical (unpaired) electrons. The average molecular weight is 366 g/mol. The van der Waals surface area contributed by atoms with Gasteiger partial charge in [0.05, 0.1) is 12.2 Å². The molecule has 5 rings (SSSR count). The maximum absolute atomic E-state index is 13.2. The van der Waals surface area contributed by atoms with Crippen LogP contribution in [0.3, 0.4) is 0 Å². The van der Waals surface area contributed by atoms with Crippen LogP contribution in [0.2, 0.25) is 0 Å². The van der Waals surface area contributed by atoms with Gasteiger partial charge < -0.3 is 14.2 Å². The Balaban J connectivity index is 1.29. The molecule has 8 nitrogen and oxygen atoms in total. The number of carbonyl (C=O) groups is 1. The highest BCUT2D eigenvalue weighted by atomic mass is 16.4. The molecule has 3 aromatic rings. The SMILES string of the molecule is O=C(C1CCCN1c1nc2ccccc2o1)N1CCC(n2ccnn2)CC1. The number of carbonyl (C=O) groups excluding carboxylic acids is 1. The topological polar surface area (TPSA) is 80.3 Å². The zero-order valence-corrected chi connectivity index (χ0v) is 15.1. The molecule has 0 aliphatic carbocycles. The first-order valence-electron chi connectivity index (χ1n) is 9.56. The Hall–Kier alpha value is -2.90. The van der Waals surface area contributed by atoms with Crippen LogP contribution in [0, 0.1) is 0 Å². The van der Waals surface area contributed by atoms with Crippen molar-refractivity contribution >= 4 is 23.0 Å². The minimum atomic E-state index is -0.180. The molecule has 2 aliphatic heterocycles. The Morgan fingerprint density at radius 2 is 1.96 bits per heavy atom. The van der Waals surface area contributed by atoms with E-state index in [2.05, 4.69) is 15.3 Å². The quantitative estimate of drug-likeness (QED) is 0.707. The summed E-state index contributed by atoms with van der Waals surface area (Å²) in [7, 11) is 0. The van der Waals surface area contributed by atoms with E-state index in [1.165, 1.54) is 0 Å². The lowest BCUT2D eigenvalue weighted by Crippen LogP contribution is -2.48. The molecule has 2 fully saturated rings. The lowest BCUT2D eigenvalue weighted by atomic mass is 10.0. The first-order valence-corrected chi connectivity index (χ1v) is 9.56. The van der Waals surface area contributed by atoms with E-state index in [1.807, 2.05) is 44.9 Å². The minimum Gasteiger partial charge on any atom is -0.423 e. The van der Waals surface area contributed by atoms with Crippen molar-refractivity contribution in [3.8, 4) is 0 Å². The molecule has 2 aromatic heterocycles. The third-order valence-electron chi connectivity index (χ3n) is 5.66. The molecule has 140 valence electrons. The average Bonchev–Trinajstić information content (AvgIpc) is 3.47. The van der Waals surface area contributed by atoms with Crippen molar-refractivity contribution in [2.75, 3.05) is 24.5 Å². The number of piperidine rings is 1. The molecule has 2 saturated heterocycles. The van der Waals surface area contributed by atoms with Gasteiger partial charge in [-0.15, -0.1) is 5.10 Å². The fourth-order valence-electron chi connectivity index (χ4n) is 4.21. The number of hydrogen-bond donors (Lipinski definition) is 0. The van der Waals surface area contributed by atoms with Crippen molar-refractivity contribution < 1.29 is 9.21 Å². The number of amides is 1. The van der Waals surface area contributed by atoms with E-state index in [9.17, 15) is 4.79 Å². The lowest BCUT2D eigenvalue weighted by molar-refractivity contribution is -0.133. The summed E-state index contributed by atoms with van der Waals surface area (Å²) in [4.78, 5) is 21.8. The maximum Gasteiger partial charge on any atom is 0.299 e. The van der Waals surface area contributed by atoms with Crippen LogP contribution in [-0.2, 0) is 4.79 Å². The highest BCUT2D eigenvalue weighted by molar-refractivity contribution is 5.86. The van der Waals surface area contributed by atoms with Crippen molar-refractivity contribution in [3.63, 3.8) is 0 Å². The van der Waals surface area contributed by atoms with Crippen LogP contribution in [0.5, 0.6) is 0 Å². The van der Waals surface area contributed by atoms with E-state index in [4.69, 9.17) is 4.42 Å². The van der Waals surface area contributed by atoms with Crippen molar-refractivity contribution in [2.24, 2.45) is 0 Å². The summed E-state index contributed by atoms with van der Waals surface area (Å²) in [6, 6.07) is 8.43. The van der Waals surface area contributed by atoms with Gasteiger partial charge in [-0.25, -0.2) is 4.68 Å². The number of likely N-dealkylation sites (tertiary alicyclic amines) is 1. The summed E-state index contributed by atoms with van der Waals surface area (Å²) in [5.41, 5.74) is 1.60. The zero-order valence-electron chi connectivity index (χ0n) is 15.1. The number of hydrogen-bond acceptors (Lipinski definition) is 6. The number of fused-ring (bicyclic) bond motifs is 1. The Morgan fingerprint density at radius 1 is 1.11 bits per heavy atom. The largest absolute Gasteiger partial charge is 0.423 e. The van der Waals surface area contributed by atoms with Crippen LogP contribution >= 0.6 is 0 Å². The maximum atomic E-state index is 13.2. The zero-order chi connectivity index (χ0) is 18.2. The predicted molar refractivity (Wildman–Crippen MR) is 99.3 cm³/mol. The van der Waals surface area contributed by atoms with E-state index in [0.29, 0.717) is 12.1 Å². The standard InChI is InChI=1S/C19H22N6O2/c26-18(23-11-7-14(8-12-23)25-13-9-20-22-25)16-5-3-10-24(16)19-21-15-4-1-2-6-17(15)27-19/h1-2,4,6,9,13-14,16H,3,5,7-8,10-12H2. The molecule has 1 unspecified atom stereocenters. The number of oxazole rings is 1. The van der Waals surface area contributed by atoms with Gasteiger partial charge in [0.2, 0.25) is 5.91 Å². The molecule has 0 saturated carbocycles. The van der Waals surface area contributed by atoms with Gasteiger partial charge in [-0.1, -0.05) is 17.3 Å². The van der Waals surface area contributed by atoms with Gasteiger partial charge in [-0.2, -0.15) is 4.98 Å². The van der Waals surface area contributed by atoms with Crippen LogP contribution in [0.4, 0.5) is 6.01 Å². The highest BCUT2D eigenvalue weighted by Crippen LogP contribution is 2.30. The van der Waals surface area contributed by atoms with E-state index >= 15 is 0 Å². The normalized spacial score (nSPS) is 21.3. The molecule has 4 heterocycles. The molecule has 1 amide bonds. The number of rotatable bonds is 3. The van der Waals surface area contributed by atoms with Gasteiger partial charge in [0.25, 0.3) is 6.01 Å². The van der Waals surface area contributed by atoms with Gasteiger partial charge in [-0.3, -0.25) is 4.79 Å². The smallest absolute Gasteiger partial charge is 0.299 e. The van der Waals surface area contributed by atoms with E-state index in [1.54, 1.807) is 6.20 Å². The molecular weight excluding hydrogens is 344 g/mol. The molecule has 1 atom stereocenters. The fraction of sp³-hybridized carbons (Fsp3) is 0.474. The number of benzene rings is 1. The van der Waals surface area contributed by atoms with Crippen molar-refractivity contribution in [1.29, 1.82) is 0 Å². The van der Waals surface area contributed by atoms with E-state index < -0.39 is 0 Å². The monoisotopic (exact) mass is 366 g/mol. The van der Waals surface area contributed by atoms with Gasteiger partial charge in [0, 0.05) is 25.8 Å². The van der Waals surface area contributed by atoms with Gasteiger partial charge in [-0.05, 0) is 37.8 Å². The molecule has 2 aliphatic rings. The third-order valence-corrected chi connectivity index (χ3v) is 5.66. The Bertz CT molecular complexity index is 896. The molecule has 1 aromatic carbocycles. The second-order valence-electron chi connectivity index (χ2n) is 7.26. The summed E-state index contributed by atoms with van der Waals surface area (Å²) in [6.45, 7) is 2.31. The fourth-order valence-corrected chi connectivity index (χ4v) is 4.21. The van der Waals surface area contributed by atoms with Gasteiger partial charge >= 0.3 is 0 Å². The lowest BCUT2D eigenvalue weighted by Gasteiger charge is -2.35. The molecule has 0 N–H and O–H groups in total. The molecule has 27 heavy (non-hydrogen) atoms. The van der Waals surface area contributed by atoms with Crippen LogP contribution in [0.1, 0.15) is 31.7 Å². The third kappa shape index (κ3) is 2.94. The first kappa shape index (κ1) is 16.3. The Kier molecular flexibility index (Phi) is 4.03. The summed E-state index contributed by atoms with van der Waals surface area (Å²) < 4.78 is 7.82. The second kappa shape index (κ2) is 6.68. The van der Waals surface area contributed by atoms with Crippen molar-refractivity contribution in [3.05, 3.63) is 36.7 Å². The summed E-state index contributed by atoms with van der Waals surface area (Å²) >= 11 is 0. The van der Waals surface area contributed by atoms with Gasteiger partial charge in [0.15, 0.2) is 5.58 Å². The molecule has 0 bridgehead atoms. The van der Waals surface area contributed by atoms with Crippen molar-refractivity contribution in [2.45, 2.75) is 37.8 Å². The summed E-state index contributed by atoms with van der Waals surface area (Å²) in [5.74, 6) is 0.187. The van der Waals surface area contributed by atoms with Crippen LogP contribution in [0.15, 0.2) is 41.1 Å². The Morgan fingerprint density at radius 3 is 2.74 bits per heavy atom. The predicted octanol–water partition coefficient (Wildman–Crippen LogP) is 2.25. The number of anilines is 1. The van der Waals surface area contributed by atoms with Gasteiger partial charge in [0.1, 0.15) is 11.6 Å². The summed E-state index contributed by atoms with van der Waals surface area (Å²) in [6.07, 6.45) is 7.24. The first-order chi connectivity index (χ1) is 13.3. The van der Waals surface area contributed by atoms with Crippen LogP contribution < -0.4 is 4.90 Å². The van der Waals surface area contributed by atoms with E-state index in [0.717, 1.165) is 56.4 Å². The Labute approximate surface area is 156 Å². The van der Waals surface area contributed by atoms with Crippen molar-refractivity contribution in [1.82, 2.24) is 24.9 Å². The minimum absolute atomic E-state index is 0.180. The number of nitrogens with zero attached hydrogens (tertiary/aromatic N) is 6. The molecular formula is C19H22N6O2. The highest BCUT2D eigenvalue weighted by Gasteiger charge is 2.37. The van der Waals surface area contributed by atoms with E-state index in [-0.39, 0.29) is 11.9 Å². The molecule has 8 heteroatoms. The number of para-hydroxylation sites is 2. The van der Waals surface area contributed by atoms with Crippen LogP contribution in [-0.4, -0.2) is 56.5 Å². The van der Waals surface area contributed by atoms with Crippen LogP contribution in [0.25, 0.3) is 11.1 Å².